The van der Waals surface area contributed by atoms with E-state index in [2.05, 4.69) is 0 Å². The highest BCUT2D eigenvalue weighted by Crippen LogP contribution is 2.24. The van der Waals surface area contributed by atoms with E-state index in [9.17, 15) is 0 Å². The van der Waals surface area contributed by atoms with Gasteiger partial charge in [-0.15, -0.1) is 0 Å². The maximum atomic E-state index is 6.09. The lowest BCUT2D eigenvalue weighted by Crippen LogP contribution is -2.16. The Hall–Kier alpha value is -0.570. The summed E-state index contributed by atoms with van der Waals surface area (Å²) >= 11 is 6.09. The van der Waals surface area contributed by atoms with E-state index in [1.807, 2.05) is 25.1 Å². The summed E-state index contributed by atoms with van der Waals surface area (Å²) in [6.07, 6.45) is 0. The third-order valence-electron chi connectivity index (χ3n) is 1.97. The minimum Gasteiger partial charge on any atom is -0.383 e. The predicted octanol–water partition coefficient (Wildman–Crippen LogP) is 2.29. The molecule has 0 aliphatic carbocycles. The van der Waals surface area contributed by atoms with Crippen LogP contribution in [0.25, 0.3) is 0 Å². The van der Waals surface area contributed by atoms with Crippen molar-refractivity contribution in [3.8, 4) is 0 Å². The van der Waals surface area contributed by atoms with Crippen LogP contribution in [0.2, 0.25) is 5.02 Å². The number of hydrogen-bond acceptors (Lipinski definition) is 2. The smallest absolute Gasteiger partial charge is 0.0656 e. The van der Waals surface area contributed by atoms with E-state index in [0.717, 1.165) is 16.1 Å². The Balaban J connectivity index is 2.93. The second-order valence-electron chi connectivity index (χ2n) is 3.04. The Morgan fingerprint density at radius 3 is 2.85 bits per heavy atom. The molecule has 1 aromatic carbocycles. The highest BCUT2D eigenvalue weighted by molar-refractivity contribution is 6.32. The molecule has 0 saturated carbocycles. The van der Waals surface area contributed by atoms with Crippen LogP contribution in [0.15, 0.2) is 18.2 Å². The van der Waals surface area contributed by atoms with Gasteiger partial charge < -0.3 is 10.5 Å². The highest BCUT2D eigenvalue weighted by atomic mass is 35.5. The van der Waals surface area contributed by atoms with E-state index in [0.29, 0.717) is 6.61 Å². The van der Waals surface area contributed by atoms with Crippen LogP contribution in [0.3, 0.4) is 0 Å². The third-order valence-corrected chi connectivity index (χ3v) is 2.48. The number of benzene rings is 1. The molecule has 0 unspecified atom stereocenters. The van der Waals surface area contributed by atoms with Crippen LogP contribution in [-0.4, -0.2) is 13.7 Å². The van der Waals surface area contributed by atoms with Crippen molar-refractivity contribution in [2.75, 3.05) is 13.7 Å². The van der Waals surface area contributed by atoms with Crippen molar-refractivity contribution in [3.05, 3.63) is 34.3 Å². The molecule has 0 spiro atoms. The average Bonchev–Trinajstić information content (AvgIpc) is 2.10. The normalized spacial score (nSPS) is 12.9. The molecule has 72 valence electrons. The lowest BCUT2D eigenvalue weighted by Gasteiger charge is -2.13. The lowest BCUT2D eigenvalue weighted by atomic mass is 10.1. The van der Waals surface area contributed by atoms with E-state index in [1.54, 1.807) is 7.11 Å². The molecule has 0 amide bonds. The fourth-order valence-corrected chi connectivity index (χ4v) is 1.49. The van der Waals surface area contributed by atoms with Gasteiger partial charge in [0.05, 0.1) is 12.6 Å². The zero-order chi connectivity index (χ0) is 9.84. The van der Waals surface area contributed by atoms with Gasteiger partial charge in [-0.1, -0.05) is 29.8 Å². The molecule has 0 aliphatic rings. The molecule has 0 saturated heterocycles. The van der Waals surface area contributed by atoms with Gasteiger partial charge in [0, 0.05) is 12.1 Å². The maximum Gasteiger partial charge on any atom is 0.0656 e. The average molecular weight is 200 g/mol. The molecular formula is C10H14ClNO. The maximum absolute atomic E-state index is 6.09. The first-order chi connectivity index (χ1) is 6.16. The molecule has 1 atom stereocenters. The van der Waals surface area contributed by atoms with Crippen molar-refractivity contribution < 1.29 is 4.74 Å². The molecule has 0 bridgehead atoms. The van der Waals surface area contributed by atoms with Crippen molar-refractivity contribution >= 4 is 11.6 Å². The second kappa shape index (κ2) is 4.61. The summed E-state index contributed by atoms with van der Waals surface area (Å²) in [6.45, 7) is 2.45. The molecule has 0 aliphatic heterocycles. The summed E-state index contributed by atoms with van der Waals surface area (Å²) in [4.78, 5) is 0. The Morgan fingerprint density at radius 1 is 1.54 bits per heavy atom. The van der Waals surface area contributed by atoms with Gasteiger partial charge in [-0.2, -0.15) is 0 Å². The van der Waals surface area contributed by atoms with Crippen LogP contribution in [-0.2, 0) is 4.74 Å². The first kappa shape index (κ1) is 10.5. The van der Waals surface area contributed by atoms with E-state index in [1.165, 1.54) is 0 Å². The van der Waals surface area contributed by atoms with Gasteiger partial charge in [-0.25, -0.2) is 0 Å². The second-order valence-corrected chi connectivity index (χ2v) is 3.42. The van der Waals surface area contributed by atoms with E-state index >= 15 is 0 Å². The fourth-order valence-electron chi connectivity index (χ4n) is 1.23. The van der Waals surface area contributed by atoms with Crippen LogP contribution in [0.4, 0.5) is 0 Å². The number of halogens is 1. The monoisotopic (exact) mass is 199 g/mol. The first-order valence-electron chi connectivity index (χ1n) is 4.16. The van der Waals surface area contributed by atoms with Crippen LogP contribution in [0.5, 0.6) is 0 Å². The van der Waals surface area contributed by atoms with Crippen molar-refractivity contribution in [1.82, 2.24) is 0 Å². The largest absolute Gasteiger partial charge is 0.383 e. The summed E-state index contributed by atoms with van der Waals surface area (Å²) in [5, 5.41) is 0.743. The van der Waals surface area contributed by atoms with E-state index in [-0.39, 0.29) is 6.04 Å². The van der Waals surface area contributed by atoms with Crippen molar-refractivity contribution in [2.24, 2.45) is 5.73 Å². The minimum absolute atomic E-state index is 0.141. The molecule has 13 heavy (non-hydrogen) atoms. The number of rotatable bonds is 3. The third kappa shape index (κ3) is 2.44. The molecule has 0 heterocycles. The summed E-state index contributed by atoms with van der Waals surface area (Å²) in [5.74, 6) is 0. The summed E-state index contributed by atoms with van der Waals surface area (Å²) in [7, 11) is 1.63. The number of ether oxygens (including phenoxy) is 1. The number of hydrogen-bond donors (Lipinski definition) is 1. The molecule has 2 nitrogen and oxygen atoms in total. The van der Waals surface area contributed by atoms with Crippen LogP contribution in [0.1, 0.15) is 17.2 Å². The van der Waals surface area contributed by atoms with Crippen LogP contribution < -0.4 is 5.73 Å². The van der Waals surface area contributed by atoms with Gasteiger partial charge in [0.1, 0.15) is 0 Å². The molecule has 3 heteroatoms. The number of aryl methyl sites for hydroxylation is 1. The van der Waals surface area contributed by atoms with Crippen molar-refractivity contribution in [2.45, 2.75) is 13.0 Å². The molecule has 1 aromatic rings. The molecule has 0 radical (unpaired) electrons. The molecule has 0 aromatic heterocycles. The zero-order valence-electron chi connectivity index (χ0n) is 7.88. The molecule has 1 rings (SSSR count). The number of nitrogens with two attached hydrogens (primary N) is 1. The van der Waals surface area contributed by atoms with Crippen molar-refractivity contribution in [1.29, 1.82) is 0 Å². The van der Waals surface area contributed by atoms with Crippen LogP contribution >= 0.6 is 11.6 Å². The molecular weight excluding hydrogens is 186 g/mol. The summed E-state index contributed by atoms with van der Waals surface area (Å²) in [6, 6.07) is 5.70. The quantitative estimate of drug-likeness (QED) is 0.811. The Bertz CT molecular complexity index is 288. The number of methoxy groups -OCH3 is 1. The van der Waals surface area contributed by atoms with E-state index in [4.69, 9.17) is 22.1 Å². The standard InChI is InChI=1S/C10H14ClNO/c1-7-4-3-5-8(10(7)11)9(12)6-13-2/h3-5,9H,6,12H2,1-2H3/t9-/m1/s1. The van der Waals surface area contributed by atoms with Gasteiger partial charge >= 0.3 is 0 Å². The van der Waals surface area contributed by atoms with Gasteiger partial charge in [0.2, 0.25) is 0 Å². The van der Waals surface area contributed by atoms with Crippen molar-refractivity contribution in [3.63, 3.8) is 0 Å². The minimum atomic E-state index is -0.141. The van der Waals surface area contributed by atoms with Gasteiger partial charge in [-0.05, 0) is 18.1 Å². The summed E-state index contributed by atoms with van der Waals surface area (Å²) < 4.78 is 4.97. The van der Waals surface area contributed by atoms with Crippen LogP contribution in [0, 0.1) is 6.92 Å². The van der Waals surface area contributed by atoms with Gasteiger partial charge in [-0.3, -0.25) is 0 Å². The SMILES string of the molecule is COC[C@@H](N)c1cccc(C)c1Cl. The predicted molar refractivity (Wildman–Crippen MR) is 55.0 cm³/mol. The first-order valence-corrected chi connectivity index (χ1v) is 4.54. The molecule has 0 fully saturated rings. The highest BCUT2D eigenvalue weighted by Gasteiger charge is 2.10. The van der Waals surface area contributed by atoms with Gasteiger partial charge in [0.25, 0.3) is 0 Å². The Labute approximate surface area is 83.6 Å². The topological polar surface area (TPSA) is 35.2 Å². The van der Waals surface area contributed by atoms with E-state index < -0.39 is 0 Å². The Kier molecular flexibility index (Phi) is 3.72. The molecule has 2 N–H and O–H groups in total. The summed E-state index contributed by atoms with van der Waals surface area (Å²) in [5.41, 5.74) is 7.86. The zero-order valence-corrected chi connectivity index (χ0v) is 8.64. The fraction of sp³-hybridized carbons (Fsp3) is 0.400. The van der Waals surface area contributed by atoms with Gasteiger partial charge in [0.15, 0.2) is 0 Å². The Morgan fingerprint density at radius 2 is 2.23 bits per heavy atom. The lowest BCUT2D eigenvalue weighted by molar-refractivity contribution is 0.181.